The molecule has 1 aromatic rings. The molecule has 1 aromatic heterocycles. The first-order valence-corrected chi connectivity index (χ1v) is 8.22. The van der Waals surface area contributed by atoms with E-state index < -0.39 is 5.97 Å². The number of ether oxygens (including phenoxy) is 1. The smallest absolute Gasteiger partial charge is 0.349 e. The van der Waals surface area contributed by atoms with Gasteiger partial charge in [-0.15, -0.1) is 11.3 Å². The Morgan fingerprint density at radius 2 is 2.28 bits per heavy atom. The maximum absolute atomic E-state index is 11.1. The topological polar surface area (TPSA) is 46.5 Å². The van der Waals surface area contributed by atoms with Gasteiger partial charge in [0.2, 0.25) is 0 Å². The molecule has 18 heavy (non-hydrogen) atoms. The van der Waals surface area contributed by atoms with E-state index >= 15 is 0 Å². The van der Waals surface area contributed by atoms with E-state index in [1.807, 2.05) is 17.8 Å². The summed E-state index contributed by atoms with van der Waals surface area (Å²) < 4.78 is 5.59. The zero-order chi connectivity index (χ0) is 13.4. The van der Waals surface area contributed by atoms with Gasteiger partial charge in [-0.2, -0.15) is 11.8 Å². The van der Waals surface area contributed by atoms with Crippen molar-refractivity contribution in [2.45, 2.75) is 33.1 Å². The molecule has 0 aromatic carbocycles. The fourth-order valence-corrected chi connectivity index (χ4v) is 3.19. The lowest BCUT2D eigenvalue weighted by molar-refractivity contribution is 0.0698. The summed E-state index contributed by atoms with van der Waals surface area (Å²) >= 11 is 3.20. The van der Waals surface area contributed by atoms with Gasteiger partial charge in [0.1, 0.15) is 5.75 Å². The molecule has 0 radical (unpaired) electrons. The predicted octanol–water partition coefficient (Wildman–Crippen LogP) is 3.92. The molecule has 0 saturated heterocycles. The van der Waals surface area contributed by atoms with E-state index in [0.29, 0.717) is 17.2 Å². The molecule has 0 aliphatic carbocycles. The third kappa shape index (κ3) is 4.90. The van der Waals surface area contributed by atoms with Crippen LogP contribution in [0.4, 0.5) is 0 Å². The maximum atomic E-state index is 11.1. The Labute approximate surface area is 117 Å². The molecular formula is C13H20O3S2. The summed E-state index contributed by atoms with van der Waals surface area (Å²) in [6, 6.07) is 1.88. The molecule has 0 aliphatic heterocycles. The molecule has 0 unspecified atom stereocenters. The summed E-state index contributed by atoms with van der Waals surface area (Å²) in [5, 5.41) is 9.11. The lowest BCUT2D eigenvalue weighted by Gasteiger charge is -2.04. The molecule has 0 aliphatic rings. The Morgan fingerprint density at radius 1 is 1.50 bits per heavy atom. The van der Waals surface area contributed by atoms with Crippen LogP contribution in [0.1, 0.15) is 41.2 Å². The van der Waals surface area contributed by atoms with Crippen molar-refractivity contribution in [3.05, 3.63) is 15.8 Å². The van der Waals surface area contributed by atoms with Crippen molar-refractivity contribution in [2.75, 3.05) is 18.1 Å². The van der Waals surface area contributed by atoms with E-state index in [1.165, 1.54) is 11.3 Å². The fraction of sp³-hybridized carbons (Fsp3) is 0.615. The Hall–Kier alpha value is -0.680. The summed E-state index contributed by atoms with van der Waals surface area (Å²) in [6.45, 7) is 4.81. The highest BCUT2D eigenvalue weighted by Crippen LogP contribution is 2.30. The molecule has 0 saturated carbocycles. The van der Waals surface area contributed by atoms with Crippen molar-refractivity contribution in [1.29, 1.82) is 0 Å². The summed E-state index contributed by atoms with van der Waals surface area (Å²) in [7, 11) is 0. The van der Waals surface area contributed by atoms with Crippen molar-refractivity contribution in [2.24, 2.45) is 0 Å². The van der Waals surface area contributed by atoms with E-state index in [9.17, 15) is 4.79 Å². The Balaban J connectivity index is 2.54. The van der Waals surface area contributed by atoms with Crippen LogP contribution in [0.15, 0.2) is 6.07 Å². The molecular weight excluding hydrogens is 268 g/mol. The third-order valence-corrected chi connectivity index (χ3v) is 4.48. The van der Waals surface area contributed by atoms with Gasteiger partial charge in [0.25, 0.3) is 0 Å². The lowest BCUT2D eigenvalue weighted by Crippen LogP contribution is -2.02. The highest BCUT2D eigenvalue weighted by molar-refractivity contribution is 7.99. The molecule has 0 fully saturated rings. The molecule has 1 N–H and O–H groups in total. The first-order chi connectivity index (χ1) is 8.69. The minimum absolute atomic E-state index is 0.335. The predicted molar refractivity (Wildman–Crippen MR) is 78.4 cm³/mol. The van der Waals surface area contributed by atoms with Crippen LogP contribution >= 0.6 is 23.1 Å². The van der Waals surface area contributed by atoms with Gasteiger partial charge in [0.15, 0.2) is 4.88 Å². The van der Waals surface area contributed by atoms with Crippen molar-refractivity contribution < 1.29 is 14.6 Å². The number of carbonyl (C=O) groups is 1. The van der Waals surface area contributed by atoms with E-state index in [0.717, 1.165) is 35.6 Å². The van der Waals surface area contributed by atoms with Crippen LogP contribution < -0.4 is 4.74 Å². The van der Waals surface area contributed by atoms with Gasteiger partial charge in [0, 0.05) is 4.88 Å². The summed E-state index contributed by atoms with van der Waals surface area (Å²) in [5.74, 6) is 1.82. The summed E-state index contributed by atoms with van der Waals surface area (Å²) in [6.07, 6.45) is 2.89. The SMILES string of the molecule is CCCc1cc(OCCCSCC)c(C(=O)O)s1. The molecule has 5 heteroatoms. The number of hydrogen-bond acceptors (Lipinski definition) is 4. The first-order valence-electron chi connectivity index (χ1n) is 6.25. The van der Waals surface area contributed by atoms with Gasteiger partial charge in [-0.05, 0) is 30.4 Å². The number of rotatable bonds is 9. The van der Waals surface area contributed by atoms with Crippen LogP contribution in [0.2, 0.25) is 0 Å². The number of carboxylic acid groups (broad SMARTS) is 1. The average molecular weight is 288 g/mol. The van der Waals surface area contributed by atoms with Gasteiger partial charge in [-0.3, -0.25) is 0 Å². The molecule has 0 atom stereocenters. The maximum Gasteiger partial charge on any atom is 0.349 e. The Kier molecular flexibility index (Phi) is 7.20. The highest BCUT2D eigenvalue weighted by atomic mass is 32.2. The molecule has 0 amide bonds. The van der Waals surface area contributed by atoms with Crippen molar-refractivity contribution in [3.63, 3.8) is 0 Å². The summed E-state index contributed by atoms with van der Waals surface area (Å²) in [4.78, 5) is 12.5. The van der Waals surface area contributed by atoms with Crippen LogP contribution in [0.3, 0.4) is 0 Å². The lowest BCUT2D eigenvalue weighted by atomic mass is 10.3. The van der Waals surface area contributed by atoms with Crippen LogP contribution in [0.5, 0.6) is 5.75 Å². The normalized spacial score (nSPS) is 10.6. The largest absolute Gasteiger partial charge is 0.492 e. The highest BCUT2D eigenvalue weighted by Gasteiger charge is 2.16. The van der Waals surface area contributed by atoms with E-state index in [4.69, 9.17) is 9.84 Å². The van der Waals surface area contributed by atoms with E-state index in [-0.39, 0.29) is 0 Å². The van der Waals surface area contributed by atoms with Crippen molar-refractivity contribution in [1.82, 2.24) is 0 Å². The van der Waals surface area contributed by atoms with Crippen LogP contribution in [-0.4, -0.2) is 29.2 Å². The number of carboxylic acids is 1. The van der Waals surface area contributed by atoms with Crippen LogP contribution in [0.25, 0.3) is 0 Å². The Morgan fingerprint density at radius 3 is 2.89 bits per heavy atom. The second-order valence-corrected chi connectivity index (χ2v) is 6.39. The van der Waals surface area contributed by atoms with Gasteiger partial charge >= 0.3 is 5.97 Å². The van der Waals surface area contributed by atoms with E-state index in [1.54, 1.807) is 0 Å². The quantitative estimate of drug-likeness (QED) is 0.700. The third-order valence-electron chi connectivity index (χ3n) is 2.33. The van der Waals surface area contributed by atoms with Crippen LogP contribution in [-0.2, 0) is 6.42 Å². The second-order valence-electron chi connectivity index (χ2n) is 3.86. The number of aromatic carboxylic acids is 1. The average Bonchev–Trinajstić information content (AvgIpc) is 2.73. The number of thioether (sulfide) groups is 1. The second kappa shape index (κ2) is 8.43. The Bertz CT molecular complexity index is 374. The van der Waals surface area contributed by atoms with E-state index in [2.05, 4.69) is 13.8 Å². The molecule has 102 valence electrons. The number of thiophene rings is 1. The molecule has 0 spiro atoms. The fourth-order valence-electron chi connectivity index (χ4n) is 1.54. The minimum Gasteiger partial charge on any atom is -0.492 e. The van der Waals surface area contributed by atoms with Crippen molar-refractivity contribution in [3.8, 4) is 5.75 Å². The molecule has 1 heterocycles. The molecule has 3 nitrogen and oxygen atoms in total. The monoisotopic (exact) mass is 288 g/mol. The number of aryl methyl sites for hydroxylation is 1. The standard InChI is InChI=1S/C13H20O3S2/c1-3-6-10-9-11(12(18-10)13(14)15)16-7-5-8-17-4-2/h9H,3-8H2,1-2H3,(H,14,15). The van der Waals surface area contributed by atoms with Gasteiger partial charge in [0.05, 0.1) is 6.61 Å². The molecule has 1 rings (SSSR count). The summed E-state index contributed by atoms with van der Waals surface area (Å²) in [5.41, 5.74) is 0. The van der Waals surface area contributed by atoms with Gasteiger partial charge < -0.3 is 9.84 Å². The van der Waals surface area contributed by atoms with Gasteiger partial charge in [-0.25, -0.2) is 4.79 Å². The van der Waals surface area contributed by atoms with Crippen molar-refractivity contribution >= 4 is 29.1 Å². The zero-order valence-corrected chi connectivity index (χ0v) is 12.5. The first kappa shape index (κ1) is 15.4. The minimum atomic E-state index is -0.889. The molecule has 0 bridgehead atoms. The van der Waals surface area contributed by atoms with Crippen LogP contribution in [0, 0.1) is 0 Å². The van der Waals surface area contributed by atoms with Gasteiger partial charge in [-0.1, -0.05) is 20.3 Å². The zero-order valence-electron chi connectivity index (χ0n) is 10.9. The number of hydrogen-bond donors (Lipinski definition) is 1.